The van der Waals surface area contributed by atoms with E-state index in [0.717, 1.165) is 67.0 Å². The minimum atomic E-state index is 0.239. The van der Waals surface area contributed by atoms with E-state index in [4.69, 9.17) is 9.84 Å². The molecule has 9 nitrogen and oxygen atoms in total. The zero-order valence-electron chi connectivity index (χ0n) is 18.9. The molecule has 0 radical (unpaired) electrons. The Morgan fingerprint density at radius 1 is 1.00 bits per heavy atom. The maximum Gasteiger partial charge on any atom is 0.245 e. The average Bonchev–Trinajstić information content (AvgIpc) is 3.51. The number of nitrogens with one attached hydrogen (secondary N) is 1. The van der Waals surface area contributed by atoms with Crippen LogP contribution in [0.3, 0.4) is 0 Å². The van der Waals surface area contributed by atoms with Crippen molar-refractivity contribution in [1.82, 2.24) is 29.3 Å². The van der Waals surface area contributed by atoms with Crippen LogP contribution < -0.4 is 10.1 Å². The third kappa shape index (κ3) is 4.09. The quantitative estimate of drug-likeness (QED) is 0.428. The summed E-state index contributed by atoms with van der Waals surface area (Å²) in [6.07, 6.45) is 9.68. The Balaban J connectivity index is 1.31. The van der Waals surface area contributed by atoms with Crippen molar-refractivity contribution in [2.24, 2.45) is 0 Å². The normalized spacial score (nSPS) is 17.4. The van der Waals surface area contributed by atoms with E-state index in [2.05, 4.69) is 15.4 Å². The Kier molecular flexibility index (Phi) is 5.37. The number of piperidine rings is 1. The van der Waals surface area contributed by atoms with E-state index in [0.29, 0.717) is 19.0 Å². The molecule has 8 heterocycles. The molecule has 1 saturated heterocycles. The van der Waals surface area contributed by atoms with Crippen molar-refractivity contribution in [1.29, 1.82) is 0 Å². The zero-order chi connectivity index (χ0) is 22.9. The Bertz CT molecular complexity index is 1300. The summed E-state index contributed by atoms with van der Waals surface area (Å²) in [5.41, 5.74) is 3.79. The molecule has 4 aromatic rings. The first kappa shape index (κ1) is 20.7. The van der Waals surface area contributed by atoms with Crippen LogP contribution in [0.2, 0.25) is 0 Å². The molecule has 1 N–H and O–H groups in total. The van der Waals surface area contributed by atoms with E-state index in [1.165, 1.54) is 0 Å². The lowest BCUT2D eigenvalue weighted by Gasteiger charge is -2.32. The molecule has 0 aliphatic carbocycles. The fourth-order valence-corrected chi connectivity index (χ4v) is 4.74. The number of amides is 1. The summed E-state index contributed by atoms with van der Waals surface area (Å²) in [6.45, 7) is 2.14. The van der Waals surface area contributed by atoms with Gasteiger partial charge in [-0.05, 0) is 62.1 Å². The first-order valence-electron chi connectivity index (χ1n) is 11.9. The minimum absolute atomic E-state index is 0.239. The summed E-state index contributed by atoms with van der Waals surface area (Å²) >= 11 is 0. The monoisotopic (exact) mass is 457 g/mol. The van der Waals surface area contributed by atoms with Gasteiger partial charge in [-0.1, -0.05) is 0 Å². The second kappa shape index (κ2) is 8.81. The number of nitrogens with zero attached hydrogens (tertiary/aromatic N) is 6. The van der Waals surface area contributed by atoms with Crippen molar-refractivity contribution in [2.75, 3.05) is 25.0 Å². The second-order valence-corrected chi connectivity index (χ2v) is 8.91. The van der Waals surface area contributed by atoms with Crippen LogP contribution in [0.1, 0.15) is 38.1 Å². The Labute approximate surface area is 197 Å². The molecule has 0 unspecified atom stereocenters. The molecule has 0 spiro atoms. The van der Waals surface area contributed by atoms with E-state index < -0.39 is 0 Å². The molecule has 174 valence electrons. The van der Waals surface area contributed by atoms with Gasteiger partial charge in [-0.15, -0.1) is 5.10 Å². The molecule has 1 amide bonds. The molecular weight excluding hydrogens is 430 g/mol. The smallest absolute Gasteiger partial charge is 0.245 e. The van der Waals surface area contributed by atoms with E-state index in [1.54, 1.807) is 6.20 Å². The molecule has 3 aromatic heterocycles. The summed E-state index contributed by atoms with van der Waals surface area (Å²) in [5, 5.41) is 12.6. The standard InChI is InChI=1S/C25H27N7O2/c33-24-3-1-2-14-34-22-7-4-18(5-8-22)23-9-6-21-16-26-25(29-32(21)23)28-19-15-27-31(17-19)20-10-12-30(24)13-11-20/h4-9,15-17,20H,1-3,10-14H2,(H,28,29). The summed E-state index contributed by atoms with van der Waals surface area (Å²) in [6, 6.07) is 12.4. The third-order valence-corrected chi connectivity index (χ3v) is 6.65. The van der Waals surface area contributed by atoms with Gasteiger partial charge in [-0.2, -0.15) is 5.10 Å². The highest BCUT2D eigenvalue weighted by Gasteiger charge is 2.24. The number of rotatable bonds is 0. The summed E-state index contributed by atoms with van der Waals surface area (Å²) in [7, 11) is 0. The number of carbonyl (C=O) groups is 1. The van der Waals surface area contributed by atoms with Gasteiger partial charge in [-0.25, -0.2) is 9.50 Å². The minimum Gasteiger partial charge on any atom is -0.494 e. The van der Waals surface area contributed by atoms with Gasteiger partial charge in [-0.3, -0.25) is 9.48 Å². The van der Waals surface area contributed by atoms with Crippen molar-refractivity contribution in [3.63, 3.8) is 0 Å². The van der Waals surface area contributed by atoms with E-state index in [1.807, 2.05) is 62.9 Å². The van der Waals surface area contributed by atoms with Gasteiger partial charge in [0.05, 0.1) is 41.9 Å². The van der Waals surface area contributed by atoms with Crippen molar-refractivity contribution in [3.8, 4) is 17.0 Å². The number of benzene rings is 1. The highest BCUT2D eigenvalue weighted by molar-refractivity contribution is 5.76. The molecule has 5 aliphatic heterocycles. The third-order valence-electron chi connectivity index (χ3n) is 6.65. The number of anilines is 2. The fraction of sp³-hybridized carbons (Fsp3) is 0.360. The lowest BCUT2D eigenvalue weighted by Crippen LogP contribution is -2.39. The maximum absolute atomic E-state index is 12.6. The van der Waals surface area contributed by atoms with Crippen LogP contribution in [-0.2, 0) is 4.79 Å². The summed E-state index contributed by atoms with van der Waals surface area (Å²) < 4.78 is 9.80. The van der Waals surface area contributed by atoms with Crippen LogP contribution in [0.25, 0.3) is 16.8 Å². The van der Waals surface area contributed by atoms with Gasteiger partial charge in [0.15, 0.2) is 0 Å². The van der Waals surface area contributed by atoms with Crippen molar-refractivity contribution >= 4 is 23.1 Å². The zero-order valence-corrected chi connectivity index (χ0v) is 18.9. The first-order valence-corrected chi connectivity index (χ1v) is 11.9. The highest BCUT2D eigenvalue weighted by Crippen LogP contribution is 2.27. The molecule has 0 atom stereocenters. The molecule has 9 rings (SSSR count). The fourth-order valence-electron chi connectivity index (χ4n) is 4.74. The molecule has 5 aliphatic rings. The van der Waals surface area contributed by atoms with Crippen LogP contribution in [0.15, 0.2) is 55.0 Å². The van der Waals surface area contributed by atoms with Crippen molar-refractivity contribution in [2.45, 2.75) is 38.1 Å². The van der Waals surface area contributed by atoms with E-state index >= 15 is 0 Å². The van der Waals surface area contributed by atoms with Crippen molar-refractivity contribution < 1.29 is 9.53 Å². The Hall–Kier alpha value is -3.88. The topological polar surface area (TPSA) is 89.6 Å². The largest absolute Gasteiger partial charge is 0.494 e. The lowest BCUT2D eigenvalue weighted by molar-refractivity contribution is -0.132. The number of hydrogen-bond donors (Lipinski definition) is 1. The van der Waals surface area contributed by atoms with Crippen molar-refractivity contribution in [3.05, 3.63) is 55.0 Å². The second-order valence-electron chi connectivity index (χ2n) is 8.91. The number of carbonyl (C=O) groups excluding carboxylic acids is 1. The number of hydrogen-bond acceptors (Lipinski definition) is 6. The molecular formula is C25H27N7O2. The SMILES string of the molecule is O=C1CCCCOc2ccc(cc2)-c2ccc3cnc(nn23)Nc2cnn(c2)C2CCN1CC2. The predicted octanol–water partition coefficient (Wildman–Crippen LogP) is 4.06. The van der Waals surface area contributed by atoms with Gasteiger partial charge in [0.25, 0.3) is 0 Å². The van der Waals surface area contributed by atoms with Crippen LogP contribution in [-0.4, -0.2) is 54.9 Å². The summed E-state index contributed by atoms with van der Waals surface area (Å²) in [5.74, 6) is 1.57. The number of aromatic nitrogens is 5. The average molecular weight is 458 g/mol. The van der Waals surface area contributed by atoms with Gasteiger partial charge in [0.2, 0.25) is 11.9 Å². The van der Waals surface area contributed by atoms with Gasteiger partial charge >= 0.3 is 0 Å². The maximum atomic E-state index is 12.6. The Morgan fingerprint density at radius 3 is 2.71 bits per heavy atom. The lowest BCUT2D eigenvalue weighted by atomic mass is 10.0. The van der Waals surface area contributed by atoms with Crippen LogP contribution in [0.4, 0.5) is 11.6 Å². The summed E-state index contributed by atoms with van der Waals surface area (Å²) in [4.78, 5) is 19.1. The molecule has 9 heteroatoms. The Morgan fingerprint density at radius 2 is 1.85 bits per heavy atom. The van der Waals surface area contributed by atoms with Crippen LogP contribution in [0.5, 0.6) is 5.75 Å². The van der Waals surface area contributed by atoms with E-state index in [-0.39, 0.29) is 11.9 Å². The van der Waals surface area contributed by atoms with Gasteiger partial charge in [0, 0.05) is 31.3 Å². The van der Waals surface area contributed by atoms with Crippen LogP contribution >= 0.6 is 0 Å². The first-order chi connectivity index (χ1) is 16.7. The molecule has 8 bridgehead atoms. The highest BCUT2D eigenvalue weighted by atomic mass is 16.5. The predicted molar refractivity (Wildman–Crippen MR) is 128 cm³/mol. The molecule has 1 aromatic carbocycles. The molecule has 34 heavy (non-hydrogen) atoms. The van der Waals surface area contributed by atoms with Gasteiger partial charge in [0.1, 0.15) is 5.75 Å². The van der Waals surface area contributed by atoms with E-state index in [9.17, 15) is 4.79 Å². The number of ether oxygens (including phenoxy) is 1. The van der Waals surface area contributed by atoms with Gasteiger partial charge < -0.3 is 15.0 Å². The van der Waals surface area contributed by atoms with Crippen LogP contribution in [0, 0.1) is 0 Å². The molecule has 0 saturated carbocycles. The molecule has 1 fully saturated rings.